The van der Waals surface area contributed by atoms with Gasteiger partial charge in [-0.15, -0.1) is 0 Å². The summed E-state index contributed by atoms with van der Waals surface area (Å²) in [5.41, 5.74) is 1.94. The van der Waals surface area contributed by atoms with Crippen molar-refractivity contribution in [1.82, 2.24) is 10.3 Å². The lowest BCUT2D eigenvalue weighted by molar-refractivity contribution is -0.116. The highest BCUT2D eigenvalue weighted by molar-refractivity contribution is 5.92. The zero-order valence-corrected chi connectivity index (χ0v) is 15.8. The quantitative estimate of drug-likeness (QED) is 0.620. The zero-order chi connectivity index (χ0) is 19.9. The molecule has 0 aliphatic rings. The predicted octanol–water partition coefficient (Wildman–Crippen LogP) is 2.92. The van der Waals surface area contributed by atoms with Crippen LogP contribution in [0.1, 0.15) is 11.1 Å². The molecule has 0 unspecified atom stereocenters. The molecule has 3 aromatic rings. The first-order valence-corrected chi connectivity index (χ1v) is 8.89. The summed E-state index contributed by atoms with van der Waals surface area (Å²) in [5.74, 6) is 1.17. The third-order valence-corrected chi connectivity index (χ3v) is 4.38. The van der Waals surface area contributed by atoms with Crippen LogP contribution in [0, 0.1) is 0 Å². The van der Waals surface area contributed by atoms with Crippen molar-refractivity contribution in [3.63, 3.8) is 0 Å². The van der Waals surface area contributed by atoms with E-state index in [1.807, 2.05) is 42.5 Å². The molecule has 0 bridgehead atoms. The molecule has 3 rings (SSSR count). The molecule has 2 N–H and O–H groups in total. The Labute approximate surface area is 162 Å². The number of hydrogen-bond donors (Lipinski definition) is 2. The number of para-hydroxylation sites is 1. The maximum absolute atomic E-state index is 12.1. The number of amides is 1. The Morgan fingerprint density at radius 2 is 1.93 bits per heavy atom. The summed E-state index contributed by atoms with van der Waals surface area (Å²) in [6.07, 6.45) is 3.50. The summed E-state index contributed by atoms with van der Waals surface area (Å²) in [7, 11) is 3.20. The van der Waals surface area contributed by atoms with Crippen molar-refractivity contribution in [3.05, 3.63) is 76.1 Å². The van der Waals surface area contributed by atoms with Gasteiger partial charge in [-0.05, 0) is 41.6 Å². The van der Waals surface area contributed by atoms with E-state index in [9.17, 15) is 9.59 Å². The van der Waals surface area contributed by atoms with E-state index in [-0.39, 0.29) is 11.5 Å². The van der Waals surface area contributed by atoms with E-state index in [2.05, 4.69) is 10.3 Å². The number of carbonyl (C=O) groups excluding carboxylic acids is 1. The van der Waals surface area contributed by atoms with Gasteiger partial charge in [0, 0.05) is 29.8 Å². The van der Waals surface area contributed by atoms with Crippen LogP contribution in [0.3, 0.4) is 0 Å². The van der Waals surface area contributed by atoms with Gasteiger partial charge in [-0.25, -0.2) is 0 Å². The monoisotopic (exact) mass is 378 g/mol. The molecule has 0 radical (unpaired) electrons. The first-order chi connectivity index (χ1) is 13.6. The molecule has 0 saturated carbocycles. The maximum atomic E-state index is 12.1. The number of benzene rings is 2. The fourth-order valence-corrected chi connectivity index (χ4v) is 2.89. The number of ether oxygens (including phenoxy) is 2. The fourth-order valence-electron chi connectivity index (χ4n) is 2.89. The number of pyridine rings is 1. The van der Waals surface area contributed by atoms with Gasteiger partial charge in [-0.1, -0.05) is 24.3 Å². The molecule has 0 saturated heterocycles. The van der Waals surface area contributed by atoms with Gasteiger partial charge in [-0.3, -0.25) is 9.59 Å². The number of hydrogen-bond acceptors (Lipinski definition) is 4. The Bertz CT molecular complexity index is 1070. The average Bonchev–Trinajstić information content (AvgIpc) is 2.72. The molecule has 2 aromatic carbocycles. The normalized spacial score (nSPS) is 10.9. The number of aromatic nitrogens is 1. The summed E-state index contributed by atoms with van der Waals surface area (Å²) in [6, 6.07) is 14.8. The molecule has 28 heavy (non-hydrogen) atoms. The molecule has 0 aliphatic carbocycles. The Hall–Kier alpha value is -3.54. The lowest BCUT2D eigenvalue weighted by atomic mass is 10.1. The number of methoxy groups -OCH3 is 2. The molecule has 6 heteroatoms. The molecular formula is C22H22N2O4. The molecule has 144 valence electrons. The zero-order valence-electron chi connectivity index (χ0n) is 15.8. The van der Waals surface area contributed by atoms with Crippen LogP contribution in [0.15, 0.2) is 59.4 Å². The van der Waals surface area contributed by atoms with Gasteiger partial charge in [0.2, 0.25) is 5.91 Å². The number of carbonyl (C=O) groups is 1. The average molecular weight is 378 g/mol. The van der Waals surface area contributed by atoms with E-state index in [1.54, 1.807) is 20.3 Å². The fraction of sp³-hybridized carbons (Fsp3) is 0.182. The first-order valence-electron chi connectivity index (χ1n) is 8.89. The number of aromatic amines is 1. The Kier molecular flexibility index (Phi) is 6.11. The number of H-pyrrole nitrogens is 1. The van der Waals surface area contributed by atoms with Crippen molar-refractivity contribution >= 4 is 22.9 Å². The highest BCUT2D eigenvalue weighted by atomic mass is 16.5. The molecule has 1 heterocycles. The van der Waals surface area contributed by atoms with Crippen molar-refractivity contribution in [2.45, 2.75) is 6.42 Å². The second-order valence-corrected chi connectivity index (χ2v) is 6.19. The van der Waals surface area contributed by atoms with Crippen LogP contribution in [0.2, 0.25) is 0 Å². The summed E-state index contributed by atoms with van der Waals surface area (Å²) >= 11 is 0. The molecule has 0 fully saturated rings. The van der Waals surface area contributed by atoms with Crippen molar-refractivity contribution in [2.75, 3.05) is 20.8 Å². The minimum absolute atomic E-state index is 0.231. The highest BCUT2D eigenvalue weighted by Gasteiger charge is 2.06. The highest BCUT2D eigenvalue weighted by Crippen LogP contribution is 2.24. The van der Waals surface area contributed by atoms with E-state index in [1.165, 1.54) is 12.2 Å². The van der Waals surface area contributed by atoms with Crippen molar-refractivity contribution in [3.8, 4) is 11.5 Å². The second kappa shape index (κ2) is 8.90. The predicted molar refractivity (Wildman–Crippen MR) is 110 cm³/mol. The summed E-state index contributed by atoms with van der Waals surface area (Å²) in [4.78, 5) is 27.0. The van der Waals surface area contributed by atoms with E-state index in [0.29, 0.717) is 30.0 Å². The Morgan fingerprint density at radius 1 is 1.11 bits per heavy atom. The van der Waals surface area contributed by atoms with Gasteiger partial charge in [0.25, 0.3) is 5.56 Å². The summed E-state index contributed by atoms with van der Waals surface area (Å²) < 4.78 is 10.5. The van der Waals surface area contributed by atoms with Crippen LogP contribution >= 0.6 is 0 Å². The maximum Gasteiger partial charge on any atom is 0.255 e. The molecule has 6 nitrogen and oxygen atoms in total. The molecule has 0 spiro atoms. The van der Waals surface area contributed by atoms with Crippen LogP contribution in [0.25, 0.3) is 17.0 Å². The molecular weight excluding hydrogens is 356 g/mol. The lowest BCUT2D eigenvalue weighted by Gasteiger charge is -2.10. The molecule has 1 amide bonds. The van der Waals surface area contributed by atoms with Crippen LogP contribution in [0.4, 0.5) is 0 Å². The van der Waals surface area contributed by atoms with E-state index in [4.69, 9.17) is 9.47 Å². The lowest BCUT2D eigenvalue weighted by Crippen LogP contribution is -2.23. The van der Waals surface area contributed by atoms with Gasteiger partial charge in [-0.2, -0.15) is 0 Å². The van der Waals surface area contributed by atoms with Crippen molar-refractivity contribution in [2.24, 2.45) is 0 Å². The van der Waals surface area contributed by atoms with Gasteiger partial charge >= 0.3 is 0 Å². The second-order valence-electron chi connectivity index (χ2n) is 6.19. The van der Waals surface area contributed by atoms with Crippen LogP contribution in [-0.4, -0.2) is 31.7 Å². The SMILES string of the molecule is COc1ccc(CCNC(=O)/C=C/c2cc3ccccc3[nH]c2=O)c(OC)c1. The molecule has 1 aromatic heterocycles. The smallest absolute Gasteiger partial charge is 0.255 e. The third kappa shape index (κ3) is 4.59. The Morgan fingerprint density at radius 3 is 2.71 bits per heavy atom. The van der Waals surface area contributed by atoms with Gasteiger partial charge in [0.1, 0.15) is 11.5 Å². The summed E-state index contributed by atoms with van der Waals surface area (Å²) in [6.45, 7) is 0.444. The van der Waals surface area contributed by atoms with Crippen LogP contribution < -0.4 is 20.3 Å². The number of rotatable bonds is 7. The van der Waals surface area contributed by atoms with E-state index < -0.39 is 0 Å². The van der Waals surface area contributed by atoms with Gasteiger partial charge < -0.3 is 19.8 Å². The third-order valence-electron chi connectivity index (χ3n) is 4.38. The first kappa shape index (κ1) is 19.2. The molecule has 0 atom stereocenters. The minimum atomic E-state index is -0.264. The van der Waals surface area contributed by atoms with Gasteiger partial charge in [0.05, 0.1) is 14.2 Å². The summed E-state index contributed by atoms with van der Waals surface area (Å²) in [5, 5.41) is 3.72. The van der Waals surface area contributed by atoms with Crippen LogP contribution in [-0.2, 0) is 11.2 Å². The van der Waals surface area contributed by atoms with E-state index >= 15 is 0 Å². The van der Waals surface area contributed by atoms with Crippen molar-refractivity contribution in [1.29, 1.82) is 0 Å². The Balaban J connectivity index is 1.60. The largest absolute Gasteiger partial charge is 0.497 e. The number of fused-ring (bicyclic) bond motifs is 1. The topological polar surface area (TPSA) is 80.4 Å². The minimum Gasteiger partial charge on any atom is -0.497 e. The van der Waals surface area contributed by atoms with E-state index in [0.717, 1.165) is 16.5 Å². The van der Waals surface area contributed by atoms with Gasteiger partial charge in [0.15, 0.2) is 0 Å². The molecule has 0 aliphatic heterocycles. The van der Waals surface area contributed by atoms with Crippen molar-refractivity contribution < 1.29 is 14.3 Å². The number of nitrogens with one attached hydrogen (secondary N) is 2. The standard InChI is InChI=1S/C22H22N2O4/c1-27-18-9-7-15(20(14-18)28-2)11-12-23-21(25)10-8-17-13-16-5-3-4-6-19(16)24-22(17)26/h3-10,13-14H,11-12H2,1-2H3,(H,23,25)(H,24,26)/b10-8+. The van der Waals surface area contributed by atoms with Crippen LogP contribution in [0.5, 0.6) is 11.5 Å².